The summed E-state index contributed by atoms with van der Waals surface area (Å²) in [6.07, 6.45) is 3.62. The maximum Gasteiger partial charge on any atom is 0.175 e. The normalized spacial score (nSPS) is 14.4. The molecule has 1 saturated heterocycles. The minimum Gasteiger partial charge on any atom is -0.354 e. The Hall–Kier alpha value is -2.65. The van der Waals surface area contributed by atoms with Crippen molar-refractivity contribution in [1.82, 2.24) is 9.97 Å². The lowest BCUT2D eigenvalue weighted by Gasteiger charge is -2.29. The number of hydrogen-bond donors (Lipinski definition) is 1. The molecule has 0 saturated carbocycles. The molecule has 1 N–H and O–H groups in total. The van der Waals surface area contributed by atoms with Crippen LogP contribution in [0.15, 0.2) is 24.3 Å². The highest BCUT2D eigenvalue weighted by Gasteiger charge is 2.20. The Morgan fingerprint density at radius 3 is 2.46 bits per heavy atom. The van der Waals surface area contributed by atoms with Gasteiger partial charge in [-0.25, -0.2) is 9.97 Å². The van der Waals surface area contributed by atoms with E-state index in [0.717, 1.165) is 51.2 Å². The lowest BCUT2D eigenvalue weighted by molar-refractivity contribution is 0.574. The first-order chi connectivity index (χ1) is 12.7. The fourth-order valence-corrected chi connectivity index (χ4v) is 4.37. The second kappa shape index (κ2) is 6.93. The summed E-state index contributed by atoms with van der Waals surface area (Å²) in [7, 11) is 0. The molecule has 132 valence electrons. The summed E-state index contributed by atoms with van der Waals surface area (Å²) in [5, 5.41) is 13.8. The number of benzene rings is 1. The van der Waals surface area contributed by atoms with Gasteiger partial charge in [-0.3, -0.25) is 0 Å². The number of nitriles is 1. The van der Waals surface area contributed by atoms with Crippen molar-refractivity contribution in [3.63, 3.8) is 0 Å². The van der Waals surface area contributed by atoms with Crippen molar-refractivity contribution in [3.8, 4) is 6.07 Å². The molecule has 0 unspecified atom stereocenters. The van der Waals surface area contributed by atoms with Crippen molar-refractivity contribution in [2.75, 3.05) is 23.3 Å². The Morgan fingerprint density at radius 2 is 1.77 bits per heavy atom. The van der Waals surface area contributed by atoms with Crippen LogP contribution in [-0.4, -0.2) is 23.1 Å². The minimum atomic E-state index is 0.701. The predicted molar refractivity (Wildman–Crippen MR) is 107 cm³/mol. The van der Waals surface area contributed by atoms with Crippen LogP contribution in [0.1, 0.15) is 35.3 Å². The van der Waals surface area contributed by atoms with Gasteiger partial charge < -0.3 is 10.2 Å². The van der Waals surface area contributed by atoms with E-state index in [9.17, 15) is 5.26 Å². The number of nitrogens with one attached hydrogen (secondary N) is 1. The molecule has 0 aliphatic carbocycles. The Bertz CT molecular complexity index is 995. The highest BCUT2D eigenvalue weighted by atomic mass is 32.1. The summed E-state index contributed by atoms with van der Waals surface area (Å²) in [6.45, 7) is 6.03. The van der Waals surface area contributed by atoms with Crippen molar-refractivity contribution >= 4 is 39.0 Å². The van der Waals surface area contributed by atoms with Crippen LogP contribution in [0.25, 0.3) is 11.0 Å². The number of aromatic nitrogens is 2. The van der Waals surface area contributed by atoms with E-state index >= 15 is 0 Å². The number of hydrogen-bond acceptors (Lipinski definition) is 6. The Labute approximate surface area is 157 Å². The van der Waals surface area contributed by atoms with E-state index in [2.05, 4.69) is 16.3 Å². The molecule has 0 radical (unpaired) electrons. The molecule has 26 heavy (non-hydrogen) atoms. The molecule has 4 rings (SSSR count). The van der Waals surface area contributed by atoms with Gasteiger partial charge >= 0.3 is 0 Å². The van der Waals surface area contributed by atoms with Gasteiger partial charge in [0.15, 0.2) is 11.6 Å². The topological polar surface area (TPSA) is 64.8 Å². The zero-order valence-corrected chi connectivity index (χ0v) is 15.9. The molecule has 6 heteroatoms. The number of nitrogens with zero attached hydrogens (tertiary/aromatic N) is 4. The molecule has 0 atom stereocenters. The molecule has 0 amide bonds. The fourth-order valence-electron chi connectivity index (χ4n) is 3.36. The standard InChI is InChI=1S/C20H21N5S/c1-13-14(2)26-20(15(13)12-21)24-18-19(25-10-6-3-7-11-25)23-17-9-5-4-8-16(17)22-18/h4-5,8-9H,3,6-7,10-11H2,1-2H3,(H,22,24). The third-order valence-electron chi connectivity index (χ3n) is 4.94. The third-order valence-corrected chi connectivity index (χ3v) is 6.06. The van der Waals surface area contributed by atoms with Gasteiger partial charge in [0.25, 0.3) is 0 Å². The average molecular weight is 363 g/mol. The minimum absolute atomic E-state index is 0.701. The van der Waals surface area contributed by atoms with Crippen molar-refractivity contribution in [2.24, 2.45) is 0 Å². The quantitative estimate of drug-likeness (QED) is 0.716. The lowest BCUT2D eigenvalue weighted by Crippen LogP contribution is -2.31. The molecule has 2 aromatic heterocycles. The van der Waals surface area contributed by atoms with Crippen LogP contribution in [-0.2, 0) is 0 Å². The van der Waals surface area contributed by atoms with E-state index in [1.54, 1.807) is 11.3 Å². The maximum atomic E-state index is 9.55. The van der Waals surface area contributed by atoms with E-state index in [4.69, 9.17) is 9.97 Å². The van der Waals surface area contributed by atoms with Gasteiger partial charge in [-0.2, -0.15) is 5.26 Å². The first kappa shape index (κ1) is 16.8. The monoisotopic (exact) mass is 363 g/mol. The summed E-state index contributed by atoms with van der Waals surface area (Å²) in [4.78, 5) is 13.2. The summed E-state index contributed by atoms with van der Waals surface area (Å²) >= 11 is 1.60. The molecule has 0 spiro atoms. The fraction of sp³-hybridized carbons (Fsp3) is 0.350. The van der Waals surface area contributed by atoms with Gasteiger partial charge in [-0.1, -0.05) is 12.1 Å². The Kier molecular flexibility index (Phi) is 4.48. The molecule has 1 aliphatic heterocycles. The number of rotatable bonds is 3. The molecule has 1 fully saturated rings. The Balaban J connectivity index is 1.82. The van der Waals surface area contributed by atoms with E-state index in [0.29, 0.717) is 5.56 Å². The van der Waals surface area contributed by atoms with Crippen molar-refractivity contribution in [2.45, 2.75) is 33.1 Å². The molecular formula is C20H21N5S. The van der Waals surface area contributed by atoms with Gasteiger partial charge in [-0.15, -0.1) is 11.3 Å². The van der Waals surface area contributed by atoms with Gasteiger partial charge in [0, 0.05) is 18.0 Å². The molecular weight excluding hydrogens is 342 g/mol. The van der Waals surface area contributed by atoms with Crippen LogP contribution in [0.5, 0.6) is 0 Å². The second-order valence-electron chi connectivity index (χ2n) is 6.66. The number of piperidine rings is 1. The van der Waals surface area contributed by atoms with E-state index in [-0.39, 0.29) is 0 Å². The van der Waals surface area contributed by atoms with Gasteiger partial charge in [0.05, 0.1) is 16.6 Å². The highest BCUT2D eigenvalue weighted by Crippen LogP contribution is 2.36. The summed E-state index contributed by atoms with van der Waals surface area (Å²) in [6, 6.07) is 10.3. The van der Waals surface area contributed by atoms with E-state index in [1.165, 1.54) is 19.3 Å². The molecule has 1 aliphatic rings. The zero-order valence-electron chi connectivity index (χ0n) is 15.0. The van der Waals surface area contributed by atoms with Crippen LogP contribution in [0.4, 0.5) is 16.6 Å². The van der Waals surface area contributed by atoms with Crippen LogP contribution in [0.2, 0.25) is 0 Å². The number of thiophene rings is 1. The maximum absolute atomic E-state index is 9.55. The van der Waals surface area contributed by atoms with Crippen molar-refractivity contribution < 1.29 is 0 Å². The van der Waals surface area contributed by atoms with Crippen LogP contribution >= 0.6 is 11.3 Å². The first-order valence-electron chi connectivity index (χ1n) is 8.96. The van der Waals surface area contributed by atoms with E-state index in [1.807, 2.05) is 38.1 Å². The van der Waals surface area contributed by atoms with Crippen molar-refractivity contribution in [1.29, 1.82) is 5.26 Å². The van der Waals surface area contributed by atoms with Gasteiger partial charge in [0.1, 0.15) is 11.1 Å². The summed E-state index contributed by atoms with van der Waals surface area (Å²) in [5.74, 6) is 1.62. The number of aryl methyl sites for hydroxylation is 1. The number of anilines is 3. The average Bonchev–Trinajstić information content (AvgIpc) is 2.94. The first-order valence-corrected chi connectivity index (χ1v) is 9.78. The molecule has 0 bridgehead atoms. The van der Waals surface area contributed by atoms with E-state index < -0.39 is 0 Å². The molecule has 5 nitrogen and oxygen atoms in total. The number of para-hydroxylation sites is 2. The zero-order chi connectivity index (χ0) is 18.1. The third kappa shape index (κ3) is 2.99. The molecule has 3 aromatic rings. The lowest BCUT2D eigenvalue weighted by atomic mass is 10.1. The SMILES string of the molecule is Cc1sc(Nc2nc3ccccc3nc2N2CCCCC2)c(C#N)c1C. The number of fused-ring (bicyclic) bond motifs is 1. The van der Waals surface area contributed by atoms with Crippen LogP contribution in [0, 0.1) is 25.2 Å². The summed E-state index contributed by atoms with van der Waals surface area (Å²) < 4.78 is 0. The largest absolute Gasteiger partial charge is 0.354 e. The Morgan fingerprint density at radius 1 is 1.08 bits per heavy atom. The smallest absolute Gasteiger partial charge is 0.175 e. The van der Waals surface area contributed by atoms with Crippen LogP contribution in [0.3, 0.4) is 0 Å². The predicted octanol–water partition coefficient (Wildman–Crippen LogP) is 4.91. The molecule has 1 aromatic carbocycles. The highest BCUT2D eigenvalue weighted by molar-refractivity contribution is 7.16. The molecule has 3 heterocycles. The van der Waals surface area contributed by atoms with Crippen LogP contribution < -0.4 is 10.2 Å². The van der Waals surface area contributed by atoms with Gasteiger partial charge in [-0.05, 0) is 50.8 Å². The second-order valence-corrected chi connectivity index (χ2v) is 7.88. The van der Waals surface area contributed by atoms with Crippen molar-refractivity contribution in [3.05, 3.63) is 40.3 Å². The summed E-state index contributed by atoms with van der Waals surface area (Å²) in [5.41, 5.74) is 3.50. The van der Waals surface area contributed by atoms with Gasteiger partial charge in [0.2, 0.25) is 0 Å².